The Labute approximate surface area is 80.7 Å². The van der Waals surface area contributed by atoms with Crippen LogP contribution in [0.3, 0.4) is 0 Å². The van der Waals surface area contributed by atoms with Gasteiger partial charge in [0.05, 0.1) is 5.56 Å². The van der Waals surface area contributed by atoms with E-state index >= 15 is 0 Å². The Balaban J connectivity index is 3.43. The van der Waals surface area contributed by atoms with Crippen molar-refractivity contribution >= 4 is 15.9 Å². The SMILES string of the molecule is Cc1c(Br)ccc(F)c1C(F)(F)F. The summed E-state index contributed by atoms with van der Waals surface area (Å²) in [5.41, 5.74) is -1.34. The van der Waals surface area contributed by atoms with E-state index in [1.165, 1.54) is 13.0 Å². The quantitative estimate of drug-likeness (QED) is 0.618. The monoisotopic (exact) mass is 256 g/mol. The molecule has 0 aliphatic heterocycles. The van der Waals surface area contributed by atoms with E-state index in [1.54, 1.807) is 0 Å². The van der Waals surface area contributed by atoms with E-state index in [1.807, 2.05) is 0 Å². The first kappa shape index (κ1) is 10.5. The fraction of sp³-hybridized carbons (Fsp3) is 0.250. The fourth-order valence-electron chi connectivity index (χ4n) is 1.00. The van der Waals surface area contributed by atoms with Crippen LogP contribution < -0.4 is 0 Å². The van der Waals surface area contributed by atoms with Crippen LogP contribution in [0, 0.1) is 12.7 Å². The van der Waals surface area contributed by atoms with E-state index in [2.05, 4.69) is 15.9 Å². The predicted molar refractivity (Wildman–Crippen MR) is 43.8 cm³/mol. The third-order valence-corrected chi connectivity index (χ3v) is 2.49. The van der Waals surface area contributed by atoms with Crippen molar-refractivity contribution in [2.45, 2.75) is 13.1 Å². The normalized spacial score (nSPS) is 11.8. The van der Waals surface area contributed by atoms with Gasteiger partial charge < -0.3 is 0 Å². The second kappa shape index (κ2) is 3.29. The van der Waals surface area contributed by atoms with Crippen LogP contribution in [-0.4, -0.2) is 0 Å². The summed E-state index contributed by atoms with van der Waals surface area (Å²) in [6, 6.07) is 2.04. The average molecular weight is 257 g/mol. The minimum atomic E-state index is -4.64. The molecule has 0 saturated heterocycles. The number of halogens is 5. The Hall–Kier alpha value is -0.580. The van der Waals surface area contributed by atoms with Gasteiger partial charge >= 0.3 is 6.18 Å². The van der Waals surface area contributed by atoms with Crippen LogP contribution in [0.1, 0.15) is 11.1 Å². The summed E-state index contributed by atoms with van der Waals surface area (Å²) >= 11 is 2.91. The van der Waals surface area contributed by atoms with Crippen molar-refractivity contribution < 1.29 is 17.6 Å². The lowest BCUT2D eigenvalue weighted by Crippen LogP contribution is -2.10. The first-order chi connectivity index (χ1) is 5.84. The Morgan fingerprint density at radius 3 is 2.15 bits per heavy atom. The van der Waals surface area contributed by atoms with Crippen molar-refractivity contribution in [1.82, 2.24) is 0 Å². The highest BCUT2D eigenvalue weighted by molar-refractivity contribution is 9.10. The second-order valence-electron chi connectivity index (χ2n) is 2.53. The summed E-state index contributed by atoms with van der Waals surface area (Å²) in [6.07, 6.45) is -4.64. The van der Waals surface area contributed by atoms with E-state index in [9.17, 15) is 17.6 Å². The minimum Gasteiger partial charge on any atom is -0.206 e. The summed E-state index contributed by atoms with van der Waals surface area (Å²) in [5.74, 6) is -1.24. The molecule has 0 fully saturated rings. The Bertz CT molecular complexity index is 330. The summed E-state index contributed by atoms with van der Waals surface area (Å²) < 4.78 is 49.7. The topological polar surface area (TPSA) is 0 Å². The highest BCUT2D eigenvalue weighted by Crippen LogP contribution is 2.36. The molecule has 0 nitrogen and oxygen atoms in total. The third kappa shape index (κ3) is 2.02. The zero-order valence-corrected chi connectivity index (χ0v) is 8.13. The van der Waals surface area contributed by atoms with E-state index < -0.39 is 17.6 Å². The van der Waals surface area contributed by atoms with Gasteiger partial charge in [-0.25, -0.2) is 4.39 Å². The van der Waals surface area contributed by atoms with Crippen LogP contribution in [0.5, 0.6) is 0 Å². The van der Waals surface area contributed by atoms with Crippen molar-refractivity contribution in [2.75, 3.05) is 0 Å². The van der Waals surface area contributed by atoms with Gasteiger partial charge in [0, 0.05) is 4.47 Å². The molecule has 0 bridgehead atoms. The van der Waals surface area contributed by atoms with Crippen LogP contribution in [0.15, 0.2) is 16.6 Å². The summed E-state index contributed by atoms with van der Waals surface area (Å²) in [5, 5.41) is 0. The van der Waals surface area contributed by atoms with Gasteiger partial charge in [0.1, 0.15) is 5.82 Å². The zero-order valence-electron chi connectivity index (χ0n) is 6.54. The molecule has 1 rings (SSSR count). The Morgan fingerprint density at radius 1 is 1.23 bits per heavy atom. The van der Waals surface area contributed by atoms with E-state index in [0.717, 1.165) is 6.07 Å². The van der Waals surface area contributed by atoms with Crippen molar-refractivity contribution in [1.29, 1.82) is 0 Å². The molecule has 0 aliphatic carbocycles. The summed E-state index contributed by atoms with van der Waals surface area (Å²) in [7, 11) is 0. The van der Waals surface area contributed by atoms with Crippen LogP contribution in [0.25, 0.3) is 0 Å². The third-order valence-electron chi connectivity index (χ3n) is 1.63. The summed E-state index contributed by atoms with van der Waals surface area (Å²) in [4.78, 5) is 0. The molecule has 72 valence electrons. The standard InChI is InChI=1S/C8H5BrF4/c1-4-5(9)2-3-6(10)7(4)8(11,12)13/h2-3H,1H3. The van der Waals surface area contributed by atoms with E-state index in [4.69, 9.17) is 0 Å². The molecule has 0 atom stereocenters. The van der Waals surface area contributed by atoms with Crippen molar-refractivity contribution in [3.8, 4) is 0 Å². The molecule has 0 radical (unpaired) electrons. The van der Waals surface area contributed by atoms with Crippen LogP contribution in [-0.2, 0) is 6.18 Å². The van der Waals surface area contributed by atoms with Gasteiger partial charge in [0.2, 0.25) is 0 Å². The van der Waals surface area contributed by atoms with Gasteiger partial charge in [0.25, 0.3) is 0 Å². The highest BCUT2D eigenvalue weighted by atomic mass is 79.9. The summed E-state index contributed by atoms with van der Waals surface area (Å²) in [6.45, 7) is 1.22. The molecule has 13 heavy (non-hydrogen) atoms. The highest BCUT2D eigenvalue weighted by Gasteiger charge is 2.36. The number of rotatable bonds is 0. The van der Waals surface area contributed by atoms with Crippen molar-refractivity contribution in [2.24, 2.45) is 0 Å². The lowest BCUT2D eigenvalue weighted by molar-refractivity contribution is -0.140. The maximum atomic E-state index is 12.8. The van der Waals surface area contributed by atoms with Crippen LogP contribution in [0.4, 0.5) is 17.6 Å². The maximum absolute atomic E-state index is 12.8. The molecule has 1 aromatic carbocycles. The van der Waals surface area contributed by atoms with Gasteiger partial charge in [-0.15, -0.1) is 0 Å². The molecule has 1 aromatic rings. The van der Waals surface area contributed by atoms with Crippen LogP contribution in [0.2, 0.25) is 0 Å². The predicted octanol–water partition coefficient (Wildman–Crippen LogP) is 3.92. The smallest absolute Gasteiger partial charge is 0.206 e. The molecular formula is C8H5BrF4. The molecule has 0 aliphatic rings. The van der Waals surface area contributed by atoms with Gasteiger partial charge in [-0.1, -0.05) is 15.9 Å². The minimum absolute atomic E-state index is 0.132. The Kier molecular flexibility index (Phi) is 2.66. The Morgan fingerprint density at radius 2 is 1.77 bits per heavy atom. The molecule has 5 heteroatoms. The molecule has 0 spiro atoms. The fourth-order valence-corrected chi connectivity index (χ4v) is 1.33. The number of hydrogen-bond acceptors (Lipinski definition) is 0. The lowest BCUT2D eigenvalue weighted by Gasteiger charge is -2.11. The first-order valence-electron chi connectivity index (χ1n) is 3.36. The molecule has 0 saturated carbocycles. The van der Waals surface area contributed by atoms with Crippen LogP contribution >= 0.6 is 15.9 Å². The number of benzene rings is 1. The van der Waals surface area contributed by atoms with Gasteiger partial charge in [-0.05, 0) is 24.6 Å². The zero-order chi connectivity index (χ0) is 10.2. The molecule has 0 amide bonds. The number of hydrogen-bond donors (Lipinski definition) is 0. The maximum Gasteiger partial charge on any atom is 0.419 e. The van der Waals surface area contributed by atoms with Gasteiger partial charge in [-0.2, -0.15) is 13.2 Å². The average Bonchev–Trinajstić information content (AvgIpc) is 1.95. The van der Waals surface area contributed by atoms with E-state index in [0.29, 0.717) is 0 Å². The molecule has 0 aromatic heterocycles. The largest absolute Gasteiger partial charge is 0.419 e. The number of alkyl halides is 3. The molecule has 0 heterocycles. The molecular weight excluding hydrogens is 252 g/mol. The van der Waals surface area contributed by atoms with Crippen molar-refractivity contribution in [3.05, 3.63) is 33.5 Å². The van der Waals surface area contributed by atoms with Gasteiger partial charge in [0.15, 0.2) is 0 Å². The molecule has 0 N–H and O–H groups in total. The van der Waals surface area contributed by atoms with Crippen molar-refractivity contribution in [3.63, 3.8) is 0 Å². The lowest BCUT2D eigenvalue weighted by atomic mass is 10.1. The first-order valence-corrected chi connectivity index (χ1v) is 4.15. The molecule has 0 unspecified atom stereocenters. The van der Waals surface area contributed by atoms with E-state index in [-0.39, 0.29) is 10.0 Å². The second-order valence-corrected chi connectivity index (χ2v) is 3.38. The van der Waals surface area contributed by atoms with Gasteiger partial charge in [-0.3, -0.25) is 0 Å².